The Kier molecular flexibility index (Phi) is 7.42. The number of hydrogen-bond donors (Lipinski definition) is 2. The van der Waals surface area contributed by atoms with E-state index in [2.05, 4.69) is 29.4 Å². The van der Waals surface area contributed by atoms with E-state index in [1.54, 1.807) is 12.1 Å². The molecular weight excluding hydrogens is 470 g/mol. The summed E-state index contributed by atoms with van der Waals surface area (Å²) in [6.07, 6.45) is -0.0810. The zero-order valence-corrected chi connectivity index (χ0v) is 23.0. The predicted molar refractivity (Wildman–Crippen MR) is 148 cm³/mol. The lowest BCUT2D eigenvalue weighted by molar-refractivity contribution is 0.0223. The average molecular weight is 510 g/mol. The second-order valence-electron chi connectivity index (χ2n) is 11.1. The van der Waals surface area contributed by atoms with E-state index in [1.165, 1.54) is 0 Å². The van der Waals surface area contributed by atoms with E-state index in [0.717, 1.165) is 25.2 Å². The van der Waals surface area contributed by atoms with Crippen LogP contribution in [-0.4, -0.2) is 54.4 Å². The van der Waals surface area contributed by atoms with Crippen molar-refractivity contribution < 1.29 is 18.7 Å². The van der Waals surface area contributed by atoms with Crippen LogP contribution in [0.15, 0.2) is 39.5 Å². The van der Waals surface area contributed by atoms with E-state index in [9.17, 15) is 9.59 Å². The van der Waals surface area contributed by atoms with Crippen LogP contribution < -0.4 is 20.8 Å². The predicted octanol–water partition coefficient (Wildman–Crippen LogP) is 5.31. The van der Waals surface area contributed by atoms with Crippen molar-refractivity contribution in [1.82, 2.24) is 10.2 Å². The van der Waals surface area contributed by atoms with Gasteiger partial charge in [-0.15, -0.1) is 0 Å². The maximum atomic E-state index is 13.7. The lowest BCUT2D eigenvalue weighted by atomic mass is 9.87. The standard InChI is InChI=1S/C29H39N3O5/c1-8-32(9-2)15-14-30-20-17-22-19(26-24(20)25(33)18-12-10-11-13-21(18)35-26)16-23(29(6,7)36-22)31-27(34)37-28(3,4)5/h10-13,17,23,30H,8-9,14-16H2,1-7H3,(H,31,34). The summed E-state index contributed by atoms with van der Waals surface area (Å²) in [5.74, 6) is 0.642. The van der Waals surface area contributed by atoms with E-state index in [-0.39, 0.29) is 5.43 Å². The van der Waals surface area contributed by atoms with Crippen LogP contribution in [0.5, 0.6) is 5.75 Å². The highest BCUT2D eigenvalue weighted by molar-refractivity contribution is 6.00. The molecule has 200 valence electrons. The smallest absolute Gasteiger partial charge is 0.408 e. The number of amides is 1. The average Bonchev–Trinajstić information content (AvgIpc) is 2.81. The van der Waals surface area contributed by atoms with Gasteiger partial charge in [0.25, 0.3) is 0 Å². The fraction of sp³-hybridized carbons (Fsp3) is 0.517. The molecule has 8 heteroatoms. The zero-order chi connectivity index (χ0) is 27.0. The molecule has 0 radical (unpaired) electrons. The van der Waals surface area contributed by atoms with Crippen LogP contribution in [0.4, 0.5) is 10.5 Å². The van der Waals surface area contributed by atoms with Crippen molar-refractivity contribution in [2.24, 2.45) is 0 Å². The first-order valence-corrected chi connectivity index (χ1v) is 13.1. The highest BCUT2D eigenvalue weighted by atomic mass is 16.6. The zero-order valence-electron chi connectivity index (χ0n) is 23.0. The first-order valence-electron chi connectivity index (χ1n) is 13.1. The number of benzene rings is 2. The van der Waals surface area contributed by atoms with Crippen molar-refractivity contribution in [3.05, 3.63) is 46.1 Å². The van der Waals surface area contributed by atoms with Gasteiger partial charge in [-0.2, -0.15) is 0 Å². The van der Waals surface area contributed by atoms with E-state index < -0.39 is 23.3 Å². The summed E-state index contributed by atoms with van der Waals surface area (Å²) in [4.78, 5) is 28.6. The van der Waals surface area contributed by atoms with Crippen molar-refractivity contribution in [3.63, 3.8) is 0 Å². The molecule has 1 aliphatic heterocycles. The molecule has 0 fully saturated rings. The molecule has 0 bridgehead atoms. The minimum Gasteiger partial charge on any atom is -0.485 e. The maximum Gasteiger partial charge on any atom is 0.408 e. The number of fused-ring (bicyclic) bond motifs is 4. The van der Waals surface area contributed by atoms with E-state index >= 15 is 0 Å². The lowest BCUT2D eigenvalue weighted by Gasteiger charge is -2.40. The first kappa shape index (κ1) is 26.8. The van der Waals surface area contributed by atoms with Gasteiger partial charge in [0.2, 0.25) is 5.43 Å². The Morgan fingerprint density at radius 2 is 1.89 bits per heavy atom. The first-order chi connectivity index (χ1) is 17.4. The third kappa shape index (κ3) is 5.69. The van der Waals surface area contributed by atoms with Crippen LogP contribution in [0.2, 0.25) is 0 Å². The molecule has 4 rings (SSSR count). The van der Waals surface area contributed by atoms with Gasteiger partial charge in [0.15, 0.2) is 0 Å². The van der Waals surface area contributed by atoms with Gasteiger partial charge in [0, 0.05) is 31.1 Å². The van der Waals surface area contributed by atoms with Gasteiger partial charge in [-0.1, -0.05) is 26.0 Å². The number of nitrogens with zero attached hydrogens (tertiary/aromatic N) is 1. The van der Waals surface area contributed by atoms with Gasteiger partial charge in [-0.25, -0.2) is 4.79 Å². The van der Waals surface area contributed by atoms with Gasteiger partial charge in [0.05, 0.1) is 22.5 Å². The minimum absolute atomic E-state index is 0.0912. The molecule has 1 unspecified atom stereocenters. The Morgan fingerprint density at radius 3 is 2.57 bits per heavy atom. The van der Waals surface area contributed by atoms with Gasteiger partial charge in [0.1, 0.15) is 28.1 Å². The summed E-state index contributed by atoms with van der Waals surface area (Å²) in [5.41, 5.74) is 1.02. The van der Waals surface area contributed by atoms with E-state index in [1.807, 2.05) is 52.8 Å². The van der Waals surface area contributed by atoms with Crippen LogP contribution in [0.25, 0.3) is 21.9 Å². The number of carbonyl (C=O) groups is 1. The summed E-state index contributed by atoms with van der Waals surface area (Å²) in [6.45, 7) is 17.1. The molecule has 0 aliphatic carbocycles. The summed E-state index contributed by atoms with van der Waals surface area (Å²) in [7, 11) is 0. The molecule has 2 N–H and O–H groups in total. The molecule has 1 amide bonds. The summed E-state index contributed by atoms with van der Waals surface area (Å²) >= 11 is 0. The largest absolute Gasteiger partial charge is 0.485 e. The lowest BCUT2D eigenvalue weighted by Crippen LogP contribution is -2.56. The molecule has 1 atom stereocenters. The number of likely N-dealkylation sites (N-methyl/N-ethyl adjacent to an activating group) is 1. The van der Waals surface area contributed by atoms with Crippen LogP contribution in [0, 0.1) is 0 Å². The molecule has 0 saturated carbocycles. The monoisotopic (exact) mass is 509 g/mol. The van der Waals surface area contributed by atoms with Crippen molar-refractivity contribution >= 4 is 33.7 Å². The molecule has 1 aromatic heterocycles. The van der Waals surface area contributed by atoms with Gasteiger partial charge in [-0.05, 0) is 59.8 Å². The van der Waals surface area contributed by atoms with Gasteiger partial charge in [-0.3, -0.25) is 4.79 Å². The van der Waals surface area contributed by atoms with Crippen molar-refractivity contribution in [1.29, 1.82) is 0 Å². The fourth-order valence-electron chi connectivity index (χ4n) is 4.79. The Hall–Kier alpha value is -3.26. The van der Waals surface area contributed by atoms with Crippen molar-refractivity contribution in [2.75, 3.05) is 31.5 Å². The number of anilines is 1. The number of alkyl carbamates (subject to hydrolysis) is 1. The molecule has 1 aliphatic rings. The van der Waals surface area contributed by atoms with Crippen LogP contribution in [0.1, 0.15) is 54.0 Å². The molecule has 37 heavy (non-hydrogen) atoms. The molecule has 2 aromatic carbocycles. The number of nitrogens with one attached hydrogen (secondary N) is 2. The summed E-state index contributed by atoms with van der Waals surface area (Å²) < 4.78 is 18.3. The Labute approximate surface area is 218 Å². The van der Waals surface area contributed by atoms with Gasteiger partial charge >= 0.3 is 6.09 Å². The van der Waals surface area contributed by atoms with E-state index in [0.29, 0.717) is 46.3 Å². The number of carbonyl (C=O) groups excluding carboxylic acids is 1. The SMILES string of the molecule is CCN(CC)CCNc1cc2c(c3oc4ccccc4c(=O)c13)CC(NC(=O)OC(C)(C)C)C(C)(C)O2. The second-order valence-corrected chi connectivity index (χ2v) is 11.1. The van der Waals surface area contributed by atoms with Crippen molar-refractivity contribution in [2.45, 2.75) is 72.1 Å². The molecule has 0 spiro atoms. The van der Waals surface area contributed by atoms with Crippen LogP contribution in [-0.2, 0) is 11.2 Å². The molecule has 2 heterocycles. The Balaban J connectivity index is 1.80. The van der Waals surface area contributed by atoms with Gasteiger partial charge < -0.3 is 29.4 Å². The fourth-order valence-corrected chi connectivity index (χ4v) is 4.79. The topological polar surface area (TPSA) is 93.0 Å². The molecular formula is C29H39N3O5. The summed E-state index contributed by atoms with van der Waals surface area (Å²) in [5, 5.41) is 7.46. The molecule has 8 nitrogen and oxygen atoms in total. The molecule has 3 aromatic rings. The van der Waals surface area contributed by atoms with Crippen LogP contribution in [0.3, 0.4) is 0 Å². The highest BCUT2D eigenvalue weighted by Crippen LogP contribution is 2.41. The van der Waals surface area contributed by atoms with Crippen molar-refractivity contribution in [3.8, 4) is 5.75 Å². The van der Waals surface area contributed by atoms with E-state index in [4.69, 9.17) is 13.9 Å². The minimum atomic E-state index is -0.715. The third-order valence-corrected chi connectivity index (χ3v) is 6.86. The normalized spacial score (nSPS) is 16.9. The number of rotatable bonds is 7. The number of para-hydroxylation sites is 1. The third-order valence-electron chi connectivity index (χ3n) is 6.86. The highest BCUT2D eigenvalue weighted by Gasteiger charge is 2.40. The second kappa shape index (κ2) is 10.2. The quantitative estimate of drug-likeness (QED) is 0.417. The Bertz CT molecular complexity index is 1350. The van der Waals surface area contributed by atoms with Crippen LogP contribution >= 0.6 is 0 Å². The molecule has 0 saturated heterocycles. The maximum absolute atomic E-state index is 13.7. The summed E-state index contributed by atoms with van der Waals surface area (Å²) in [6, 6.07) is 8.78. The Morgan fingerprint density at radius 1 is 1.19 bits per heavy atom. The number of ether oxygens (including phenoxy) is 2. The number of hydrogen-bond acceptors (Lipinski definition) is 7.